The van der Waals surface area contributed by atoms with Gasteiger partial charge in [-0.3, -0.25) is 4.79 Å². The maximum atomic E-state index is 12.3. The molecule has 2 aromatic carbocycles. The Morgan fingerprint density at radius 2 is 1.79 bits per heavy atom. The van der Waals surface area contributed by atoms with Crippen molar-refractivity contribution in [1.29, 1.82) is 0 Å². The molecule has 3 nitrogen and oxygen atoms in total. The number of rotatable bonds is 4. The monoisotopic (exact) mass is 372 g/mol. The van der Waals surface area contributed by atoms with Gasteiger partial charge in [0.05, 0.1) is 5.69 Å². The van der Waals surface area contributed by atoms with Gasteiger partial charge in [0.1, 0.15) is 0 Å². The van der Waals surface area contributed by atoms with E-state index in [-0.39, 0.29) is 11.9 Å². The number of hydrogen-bond acceptors (Lipinski definition) is 1. The van der Waals surface area contributed by atoms with Crippen LogP contribution in [0, 0.1) is 5.92 Å². The average Bonchev–Trinajstić information content (AvgIpc) is 3.06. The fourth-order valence-corrected chi connectivity index (χ4v) is 4.14. The summed E-state index contributed by atoms with van der Waals surface area (Å²) in [5.41, 5.74) is 7.16. The van der Waals surface area contributed by atoms with Gasteiger partial charge in [-0.15, -0.1) is 0 Å². The van der Waals surface area contributed by atoms with Crippen LogP contribution in [0.15, 0.2) is 60.7 Å². The molecule has 1 aromatic heterocycles. The predicted molar refractivity (Wildman–Crippen MR) is 115 cm³/mol. The molecule has 1 aliphatic rings. The summed E-state index contributed by atoms with van der Waals surface area (Å²) in [7, 11) is 0. The lowest BCUT2D eigenvalue weighted by atomic mass is 9.89. The zero-order chi connectivity index (χ0) is 19.7. The molecule has 1 atom stereocenters. The number of nitrogens with zero attached hydrogens (tertiary/aromatic N) is 1. The Bertz CT molecular complexity index is 968. The molecule has 1 amide bonds. The summed E-state index contributed by atoms with van der Waals surface area (Å²) in [5.74, 6) is 0.710. The van der Waals surface area contributed by atoms with Gasteiger partial charge in [0.2, 0.25) is 0 Å². The smallest absolute Gasteiger partial charge is 0.251 e. The highest BCUT2D eigenvalue weighted by atomic mass is 16.1. The average molecular weight is 373 g/mol. The van der Waals surface area contributed by atoms with E-state index >= 15 is 0 Å². The third-order valence-corrected chi connectivity index (χ3v) is 5.51. The molecule has 28 heavy (non-hydrogen) atoms. The number of aromatic nitrogens is 1. The highest BCUT2D eigenvalue weighted by molar-refractivity contribution is 5.94. The van der Waals surface area contributed by atoms with E-state index in [0.29, 0.717) is 5.56 Å². The summed E-state index contributed by atoms with van der Waals surface area (Å²) in [4.78, 5) is 12.3. The minimum atomic E-state index is -0.0202. The number of nitrogens with one attached hydrogen (secondary N) is 1. The molecule has 1 aliphatic carbocycles. The maximum Gasteiger partial charge on any atom is 0.251 e. The number of hydrogen-bond donors (Lipinski definition) is 1. The van der Waals surface area contributed by atoms with Crippen LogP contribution in [0.5, 0.6) is 0 Å². The van der Waals surface area contributed by atoms with E-state index < -0.39 is 0 Å². The van der Waals surface area contributed by atoms with Crippen LogP contribution in [0.1, 0.15) is 48.8 Å². The predicted octanol–water partition coefficient (Wildman–Crippen LogP) is 5.41. The van der Waals surface area contributed by atoms with Crippen molar-refractivity contribution < 1.29 is 4.79 Å². The topological polar surface area (TPSA) is 34.0 Å². The molecule has 3 aromatic rings. The van der Waals surface area contributed by atoms with Crippen LogP contribution < -0.4 is 5.32 Å². The van der Waals surface area contributed by atoms with Crippen molar-refractivity contribution in [2.45, 2.75) is 46.1 Å². The molecule has 0 radical (unpaired) electrons. The largest absolute Gasteiger partial charge is 0.350 e. The second-order valence-corrected chi connectivity index (χ2v) is 8.23. The van der Waals surface area contributed by atoms with Crippen molar-refractivity contribution in [3.05, 3.63) is 77.5 Å². The number of fused-ring (bicyclic) bond motifs is 1. The molecule has 0 unspecified atom stereocenters. The zero-order valence-electron chi connectivity index (χ0n) is 16.9. The van der Waals surface area contributed by atoms with Crippen LogP contribution in [-0.4, -0.2) is 16.5 Å². The molecule has 0 spiro atoms. The molecule has 1 heterocycles. The third-order valence-electron chi connectivity index (χ3n) is 5.51. The molecule has 0 aliphatic heterocycles. The minimum absolute atomic E-state index is 0.0202. The van der Waals surface area contributed by atoms with Gasteiger partial charge in [0, 0.05) is 23.0 Å². The summed E-state index contributed by atoms with van der Waals surface area (Å²) in [6.07, 6.45) is 3.45. The summed E-state index contributed by atoms with van der Waals surface area (Å²) < 4.78 is 2.39. The van der Waals surface area contributed by atoms with E-state index in [1.807, 2.05) is 26.0 Å². The van der Waals surface area contributed by atoms with Gasteiger partial charge >= 0.3 is 0 Å². The SMILES string of the molecule is CC(C)NC(=O)c1ccc(-n2c(-c3ccccc3)cc3c2CC[C@H](C)C3)cc1. The molecule has 0 bridgehead atoms. The van der Waals surface area contributed by atoms with Crippen LogP contribution in [0.4, 0.5) is 0 Å². The van der Waals surface area contributed by atoms with E-state index in [1.165, 1.54) is 28.9 Å². The Labute approximate surface area is 167 Å². The summed E-state index contributed by atoms with van der Waals surface area (Å²) >= 11 is 0. The summed E-state index contributed by atoms with van der Waals surface area (Å²) in [5, 5.41) is 2.96. The number of carbonyl (C=O) groups is 1. The Balaban J connectivity index is 1.77. The molecular weight excluding hydrogens is 344 g/mol. The Hall–Kier alpha value is -2.81. The number of benzene rings is 2. The lowest BCUT2D eigenvalue weighted by Gasteiger charge is -2.21. The quantitative estimate of drug-likeness (QED) is 0.653. The number of carbonyl (C=O) groups excluding carboxylic acids is 1. The van der Waals surface area contributed by atoms with Gasteiger partial charge in [0.25, 0.3) is 5.91 Å². The summed E-state index contributed by atoms with van der Waals surface area (Å²) in [6, 6.07) is 21.1. The lowest BCUT2D eigenvalue weighted by Crippen LogP contribution is -2.30. The third kappa shape index (κ3) is 3.62. The van der Waals surface area contributed by atoms with Crippen LogP contribution in [0.3, 0.4) is 0 Å². The first-order chi connectivity index (χ1) is 13.5. The highest BCUT2D eigenvalue weighted by Crippen LogP contribution is 2.35. The van der Waals surface area contributed by atoms with Gasteiger partial charge in [-0.05, 0) is 80.5 Å². The van der Waals surface area contributed by atoms with Gasteiger partial charge in [-0.2, -0.15) is 0 Å². The second kappa shape index (κ2) is 7.67. The van der Waals surface area contributed by atoms with Gasteiger partial charge in [-0.25, -0.2) is 0 Å². The lowest BCUT2D eigenvalue weighted by molar-refractivity contribution is 0.0943. The molecule has 0 saturated heterocycles. The first kappa shape index (κ1) is 18.5. The first-order valence-corrected chi connectivity index (χ1v) is 10.2. The molecule has 0 saturated carbocycles. The minimum Gasteiger partial charge on any atom is -0.350 e. The summed E-state index contributed by atoms with van der Waals surface area (Å²) in [6.45, 7) is 6.29. The van der Waals surface area contributed by atoms with Gasteiger partial charge in [-0.1, -0.05) is 37.3 Å². The molecular formula is C25H28N2O. The second-order valence-electron chi connectivity index (χ2n) is 8.23. The Morgan fingerprint density at radius 3 is 2.46 bits per heavy atom. The maximum absolute atomic E-state index is 12.3. The zero-order valence-corrected chi connectivity index (χ0v) is 16.9. The van der Waals surface area contributed by atoms with Crippen molar-refractivity contribution in [3.63, 3.8) is 0 Å². The molecule has 144 valence electrons. The van der Waals surface area contributed by atoms with E-state index in [4.69, 9.17) is 0 Å². The van der Waals surface area contributed by atoms with Crippen LogP contribution in [0.2, 0.25) is 0 Å². The van der Waals surface area contributed by atoms with Crippen LogP contribution >= 0.6 is 0 Å². The molecule has 4 rings (SSSR count). The van der Waals surface area contributed by atoms with Crippen LogP contribution in [-0.2, 0) is 12.8 Å². The normalized spacial score (nSPS) is 16.1. The fraction of sp³-hybridized carbons (Fsp3) is 0.320. The van der Waals surface area contributed by atoms with E-state index in [2.05, 4.69) is 65.3 Å². The van der Waals surface area contributed by atoms with E-state index in [0.717, 1.165) is 24.4 Å². The van der Waals surface area contributed by atoms with Crippen molar-refractivity contribution in [3.8, 4) is 16.9 Å². The molecule has 0 fully saturated rings. The van der Waals surface area contributed by atoms with Gasteiger partial charge in [0.15, 0.2) is 0 Å². The van der Waals surface area contributed by atoms with E-state index in [1.54, 1.807) is 0 Å². The van der Waals surface area contributed by atoms with Crippen molar-refractivity contribution in [1.82, 2.24) is 9.88 Å². The Kier molecular flexibility index (Phi) is 5.08. The van der Waals surface area contributed by atoms with E-state index in [9.17, 15) is 4.79 Å². The standard InChI is InChI=1S/C25H28N2O/c1-17(2)26-25(28)20-10-12-22(13-11-20)27-23-14-9-18(3)15-21(23)16-24(27)19-7-5-4-6-8-19/h4-8,10-13,16-18H,9,14-15H2,1-3H3,(H,26,28)/t18-/m0/s1. The number of amides is 1. The fourth-order valence-electron chi connectivity index (χ4n) is 4.14. The van der Waals surface area contributed by atoms with Crippen molar-refractivity contribution in [2.24, 2.45) is 5.92 Å². The van der Waals surface area contributed by atoms with Crippen molar-refractivity contribution in [2.75, 3.05) is 0 Å². The van der Waals surface area contributed by atoms with Crippen molar-refractivity contribution >= 4 is 5.91 Å². The first-order valence-electron chi connectivity index (χ1n) is 10.2. The molecule has 3 heteroatoms. The highest BCUT2D eigenvalue weighted by Gasteiger charge is 2.23. The van der Waals surface area contributed by atoms with Gasteiger partial charge < -0.3 is 9.88 Å². The van der Waals surface area contributed by atoms with Crippen LogP contribution in [0.25, 0.3) is 16.9 Å². The Morgan fingerprint density at radius 1 is 1.07 bits per heavy atom. The molecule has 1 N–H and O–H groups in total.